The first kappa shape index (κ1) is 13.7. The van der Waals surface area contributed by atoms with Gasteiger partial charge in [-0.25, -0.2) is 0 Å². The smallest absolute Gasteiger partial charge is 0.0100 e. The normalized spacial score (nSPS) is 13.9. The zero-order valence-corrected chi connectivity index (χ0v) is 10.2. The monoisotopic (exact) mass is 202 g/mol. The Kier molecular flexibility index (Phi) is 7.35. The second-order valence-corrected chi connectivity index (χ2v) is 3.68. The van der Waals surface area contributed by atoms with Crippen molar-refractivity contribution in [1.82, 2.24) is 0 Å². The van der Waals surface area contributed by atoms with Gasteiger partial charge in [-0.05, 0) is 39.2 Å². The number of rotatable bonds is 6. The molecule has 0 amide bonds. The summed E-state index contributed by atoms with van der Waals surface area (Å²) < 4.78 is 0. The molecule has 0 aliphatic heterocycles. The van der Waals surface area contributed by atoms with E-state index < -0.39 is 0 Å². The molecule has 0 aromatic heterocycles. The van der Waals surface area contributed by atoms with Gasteiger partial charge in [0.2, 0.25) is 0 Å². The van der Waals surface area contributed by atoms with Crippen LogP contribution in [0.25, 0.3) is 0 Å². The Morgan fingerprint density at radius 3 is 2.13 bits per heavy atom. The van der Waals surface area contributed by atoms with E-state index in [9.17, 15) is 0 Å². The number of hydrogen-bond donors (Lipinski definition) is 0. The zero-order valence-electron chi connectivity index (χ0n) is 10.2. The Hall–Kier alpha value is -1.30. The van der Waals surface area contributed by atoms with E-state index in [1.54, 1.807) is 0 Å². The summed E-state index contributed by atoms with van der Waals surface area (Å²) in [6, 6.07) is 0. The molecule has 0 spiro atoms. The lowest BCUT2D eigenvalue weighted by atomic mass is 10.0. The maximum Gasteiger partial charge on any atom is -0.0100 e. The lowest BCUT2D eigenvalue weighted by Gasteiger charge is -2.05. The van der Waals surface area contributed by atoms with Crippen LogP contribution >= 0.6 is 0 Å². The first-order valence-electron chi connectivity index (χ1n) is 5.37. The minimum absolute atomic E-state index is 0.925. The third-order valence-corrected chi connectivity index (χ3v) is 2.19. The largest absolute Gasteiger partial charge is 0.103 e. The fourth-order valence-corrected chi connectivity index (χ4v) is 1.45. The van der Waals surface area contributed by atoms with E-state index in [4.69, 9.17) is 0 Å². The van der Waals surface area contributed by atoms with Crippen LogP contribution in [0, 0.1) is 0 Å². The topological polar surface area (TPSA) is 0 Å². The van der Waals surface area contributed by atoms with Crippen molar-refractivity contribution >= 4 is 0 Å². The maximum atomic E-state index is 3.79. The number of allylic oxidation sites excluding steroid dienone is 8. The molecule has 0 fully saturated rings. The van der Waals surface area contributed by atoms with Crippen LogP contribution in [0.2, 0.25) is 0 Å². The molecule has 82 valence electrons. The Bertz CT molecular complexity index is 298. The second-order valence-electron chi connectivity index (χ2n) is 3.68. The molecule has 0 bridgehead atoms. The van der Waals surface area contributed by atoms with Gasteiger partial charge in [0.05, 0.1) is 0 Å². The predicted molar refractivity (Wildman–Crippen MR) is 70.9 cm³/mol. The fraction of sp³-hybridized carbons (Fsp3) is 0.333. The summed E-state index contributed by atoms with van der Waals surface area (Å²) in [4.78, 5) is 0. The molecule has 0 aliphatic carbocycles. The lowest BCUT2D eigenvalue weighted by molar-refractivity contribution is 1.11. The molecule has 0 nitrogen and oxygen atoms in total. The van der Waals surface area contributed by atoms with E-state index in [-0.39, 0.29) is 0 Å². The SMILES string of the molecule is C=CCC(C)=C(C=C(C)C=CC)CC=C. The Morgan fingerprint density at radius 1 is 1.07 bits per heavy atom. The summed E-state index contributed by atoms with van der Waals surface area (Å²) >= 11 is 0. The molecule has 0 N–H and O–H groups in total. The van der Waals surface area contributed by atoms with Gasteiger partial charge in [-0.3, -0.25) is 0 Å². The van der Waals surface area contributed by atoms with Gasteiger partial charge >= 0.3 is 0 Å². The summed E-state index contributed by atoms with van der Waals surface area (Å²) in [5.41, 5.74) is 3.99. The van der Waals surface area contributed by atoms with Crippen LogP contribution in [0.4, 0.5) is 0 Å². The Morgan fingerprint density at radius 2 is 1.67 bits per heavy atom. The summed E-state index contributed by atoms with van der Waals surface area (Å²) in [6.07, 6.45) is 12.2. The van der Waals surface area contributed by atoms with Gasteiger partial charge in [0.1, 0.15) is 0 Å². The molecule has 0 saturated carbocycles. The van der Waals surface area contributed by atoms with Gasteiger partial charge in [0.25, 0.3) is 0 Å². The van der Waals surface area contributed by atoms with Crippen LogP contribution in [0.5, 0.6) is 0 Å². The van der Waals surface area contributed by atoms with Gasteiger partial charge in [0.15, 0.2) is 0 Å². The van der Waals surface area contributed by atoms with E-state index in [0.29, 0.717) is 0 Å². The molecule has 0 saturated heterocycles. The van der Waals surface area contributed by atoms with Gasteiger partial charge in [-0.15, -0.1) is 13.2 Å². The van der Waals surface area contributed by atoms with E-state index in [0.717, 1.165) is 12.8 Å². The van der Waals surface area contributed by atoms with Crippen LogP contribution in [0.1, 0.15) is 33.6 Å². The summed E-state index contributed by atoms with van der Waals surface area (Å²) in [7, 11) is 0. The van der Waals surface area contributed by atoms with Gasteiger partial charge < -0.3 is 0 Å². The summed E-state index contributed by atoms with van der Waals surface area (Å²) in [5, 5.41) is 0. The Labute approximate surface area is 94.4 Å². The van der Waals surface area contributed by atoms with Crippen molar-refractivity contribution in [3.05, 3.63) is 60.3 Å². The van der Waals surface area contributed by atoms with Crippen molar-refractivity contribution < 1.29 is 0 Å². The van der Waals surface area contributed by atoms with Gasteiger partial charge in [-0.1, -0.05) is 41.5 Å². The first-order valence-corrected chi connectivity index (χ1v) is 5.37. The van der Waals surface area contributed by atoms with Crippen LogP contribution in [0.15, 0.2) is 60.3 Å². The predicted octanol–water partition coefficient (Wildman–Crippen LogP) is 4.98. The van der Waals surface area contributed by atoms with Crippen molar-refractivity contribution in [3.63, 3.8) is 0 Å². The van der Waals surface area contributed by atoms with Crippen molar-refractivity contribution in [2.24, 2.45) is 0 Å². The van der Waals surface area contributed by atoms with E-state index in [2.05, 4.69) is 45.2 Å². The Balaban J connectivity index is 4.95. The quantitative estimate of drug-likeness (QED) is 0.421. The molecule has 0 unspecified atom stereocenters. The highest BCUT2D eigenvalue weighted by Gasteiger charge is 1.96. The minimum Gasteiger partial charge on any atom is -0.103 e. The molecule has 0 aromatic rings. The van der Waals surface area contributed by atoms with E-state index >= 15 is 0 Å². The summed E-state index contributed by atoms with van der Waals surface area (Å²) in [6.45, 7) is 13.9. The molecular weight excluding hydrogens is 180 g/mol. The molecule has 0 rings (SSSR count). The van der Waals surface area contributed by atoms with Crippen LogP contribution in [-0.4, -0.2) is 0 Å². The molecule has 0 radical (unpaired) electrons. The van der Waals surface area contributed by atoms with Crippen molar-refractivity contribution in [3.8, 4) is 0 Å². The molecule has 15 heavy (non-hydrogen) atoms. The van der Waals surface area contributed by atoms with Gasteiger partial charge in [-0.2, -0.15) is 0 Å². The molecule has 0 atom stereocenters. The molecule has 0 aromatic carbocycles. The van der Waals surface area contributed by atoms with Crippen molar-refractivity contribution in [1.29, 1.82) is 0 Å². The average Bonchev–Trinajstić information content (AvgIpc) is 2.18. The molecular formula is C15H22. The first-order chi connectivity index (χ1) is 7.15. The van der Waals surface area contributed by atoms with E-state index in [1.807, 2.05) is 19.1 Å². The van der Waals surface area contributed by atoms with E-state index in [1.165, 1.54) is 16.7 Å². The average molecular weight is 202 g/mol. The third-order valence-electron chi connectivity index (χ3n) is 2.19. The van der Waals surface area contributed by atoms with Crippen molar-refractivity contribution in [2.45, 2.75) is 33.6 Å². The van der Waals surface area contributed by atoms with Crippen LogP contribution in [0.3, 0.4) is 0 Å². The van der Waals surface area contributed by atoms with Crippen LogP contribution in [-0.2, 0) is 0 Å². The molecule has 0 heteroatoms. The van der Waals surface area contributed by atoms with Gasteiger partial charge in [0, 0.05) is 0 Å². The standard InChI is InChI=1S/C15H22/c1-6-9-13(4)12-15(11-8-3)14(5)10-7-2/h6-9,12H,2-3,10-11H2,1,4-5H3. The minimum atomic E-state index is 0.925. The second kappa shape index (κ2) is 8.05. The van der Waals surface area contributed by atoms with Crippen LogP contribution < -0.4 is 0 Å². The summed E-state index contributed by atoms with van der Waals surface area (Å²) in [5.74, 6) is 0. The highest BCUT2D eigenvalue weighted by molar-refractivity contribution is 5.33. The highest BCUT2D eigenvalue weighted by atomic mass is 14.0. The fourth-order valence-electron chi connectivity index (χ4n) is 1.45. The third kappa shape index (κ3) is 5.90. The lowest BCUT2D eigenvalue weighted by Crippen LogP contribution is -1.85. The highest BCUT2D eigenvalue weighted by Crippen LogP contribution is 2.16. The van der Waals surface area contributed by atoms with Crippen molar-refractivity contribution in [2.75, 3.05) is 0 Å². The number of hydrogen-bond acceptors (Lipinski definition) is 0. The molecule has 0 heterocycles. The zero-order chi connectivity index (χ0) is 11.7. The maximum absolute atomic E-state index is 3.79. The molecule has 0 aliphatic rings.